The Balaban J connectivity index is 1.80. The predicted molar refractivity (Wildman–Crippen MR) is 73.3 cm³/mol. The Morgan fingerprint density at radius 1 is 1.26 bits per heavy atom. The van der Waals surface area contributed by atoms with Gasteiger partial charge in [-0.25, -0.2) is 0 Å². The maximum absolute atomic E-state index is 10.6. The van der Waals surface area contributed by atoms with Gasteiger partial charge in [-0.15, -0.1) is 0 Å². The van der Waals surface area contributed by atoms with Crippen LogP contribution in [0.3, 0.4) is 0 Å². The molecule has 1 aromatic carbocycles. The maximum Gasteiger partial charge on any atom is 0.408 e. The number of halogens is 1. The number of hydrogen-bond acceptors (Lipinski definition) is 3. The topological polar surface area (TPSA) is 61.0 Å². The van der Waals surface area contributed by atoms with Crippen LogP contribution >= 0.6 is 11.6 Å². The molecule has 1 aromatic heterocycles. The second kappa shape index (κ2) is 6.33. The number of nitro groups is 1. The van der Waals surface area contributed by atoms with Gasteiger partial charge in [0.1, 0.15) is 0 Å². The van der Waals surface area contributed by atoms with E-state index in [0.29, 0.717) is 6.54 Å². The lowest BCUT2D eigenvalue weighted by Crippen LogP contribution is -2.00. The molecule has 0 radical (unpaired) electrons. The Kier molecular flexibility index (Phi) is 4.52. The van der Waals surface area contributed by atoms with E-state index in [2.05, 4.69) is 17.2 Å². The molecule has 6 heteroatoms. The molecule has 5 nitrogen and oxygen atoms in total. The van der Waals surface area contributed by atoms with E-state index in [1.54, 1.807) is 0 Å². The van der Waals surface area contributed by atoms with Gasteiger partial charge in [-0.3, -0.25) is 0 Å². The number of unbranched alkanes of at least 4 members (excludes halogenated alkanes) is 1. The highest BCUT2D eigenvalue weighted by Gasteiger charge is 2.18. The van der Waals surface area contributed by atoms with Crippen molar-refractivity contribution in [1.29, 1.82) is 0 Å². The molecule has 2 rings (SSSR count). The fraction of sp³-hybridized carbons (Fsp3) is 0.308. The van der Waals surface area contributed by atoms with Crippen molar-refractivity contribution in [3.8, 4) is 0 Å². The fourth-order valence-electron chi connectivity index (χ4n) is 1.87. The smallest absolute Gasteiger partial charge is 0.358 e. The monoisotopic (exact) mass is 279 g/mol. The quantitative estimate of drug-likeness (QED) is 0.462. The lowest BCUT2D eigenvalue weighted by molar-refractivity contribution is -0.389. The first-order chi connectivity index (χ1) is 9.16. The minimum Gasteiger partial charge on any atom is -0.358 e. The van der Waals surface area contributed by atoms with Gasteiger partial charge in [0.15, 0.2) is 5.02 Å². The summed E-state index contributed by atoms with van der Waals surface area (Å²) < 4.78 is 1.53. The van der Waals surface area contributed by atoms with Crippen molar-refractivity contribution < 1.29 is 4.92 Å². The SMILES string of the molecule is O=[N+]([O-])c1nn(CCCCc2ccccc2)cc1Cl. The minimum absolute atomic E-state index is 0.0908. The Morgan fingerprint density at radius 2 is 2.00 bits per heavy atom. The van der Waals surface area contributed by atoms with E-state index in [0.717, 1.165) is 19.3 Å². The molecule has 0 aliphatic carbocycles. The number of hydrogen-bond donors (Lipinski definition) is 0. The van der Waals surface area contributed by atoms with Crippen LogP contribution in [0.15, 0.2) is 36.5 Å². The van der Waals surface area contributed by atoms with E-state index in [9.17, 15) is 10.1 Å². The molecule has 0 aliphatic heterocycles. The number of rotatable bonds is 6. The van der Waals surface area contributed by atoms with Gasteiger partial charge < -0.3 is 10.1 Å². The van der Waals surface area contributed by atoms with Crippen molar-refractivity contribution in [2.45, 2.75) is 25.8 Å². The third kappa shape index (κ3) is 3.79. The summed E-state index contributed by atoms with van der Waals surface area (Å²) in [6, 6.07) is 10.2. The van der Waals surface area contributed by atoms with Crippen molar-refractivity contribution in [2.75, 3.05) is 0 Å². The lowest BCUT2D eigenvalue weighted by Gasteiger charge is -2.00. The third-order valence-corrected chi connectivity index (χ3v) is 3.08. The summed E-state index contributed by atoms with van der Waals surface area (Å²) in [7, 11) is 0. The molecule has 0 unspecified atom stereocenters. The van der Waals surface area contributed by atoms with E-state index in [4.69, 9.17) is 11.6 Å². The molecule has 0 aliphatic rings. The van der Waals surface area contributed by atoms with Crippen molar-refractivity contribution >= 4 is 17.4 Å². The second-order valence-electron chi connectivity index (χ2n) is 4.26. The summed E-state index contributed by atoms with van der Waals surface area (Å²) in [5.41, 5.74) is 1.30. The minimum atomic E-state index is -0.567. The number of nitrogens with zero attached hydrogens (tertiary/aromatic N) is 3. The van der Waals surface area contributed by atoms with Crippen LogP contribution < -0.4 is 0 Å². The molecule has 100 valence electrons. The maximum atomic E-state index is 10.6. The summed E-state index contributed by atoms with van der Waals surface area (Å²) in [5, 5.41) is 14.5. The summed E-state index contributed by atoms with van der Waals surface area (Å²) in [6.07, 6.45) is 4.42. The van der Waals surface area contributed by atoms with Crippen LogP contribution in [0.2, 0.25) is 5.02 Å². The zero-order chi connectivity index (χ0) is 13.7. The predicted octanol–water partition coefficient (Wildman–Crippen LogP) is 3.47. The normalized spacial score (nSPS) is 10.6. The van der Waals surface area contributed by atoms with Crippen LogP contribution in [0, 0.1) is 10.1 Å². The number of aryl methyl sites for hydroxylation is 2. The summed E-state index contributed by atoms with van der Waals surface area (Å²) in [4.78, 5) is 10.0. The Morgan fingerprint density at radius 3 is 2.63 bits per heavy atom. The van der Waals surface area contributed by atoms with E-state index in [-0.39, 0.29) is 10.8 Å². The average molecular weight is 280 g/mol. The molecule has 1 heterocycles. The standard InChI is InChI=1S/C13H14ClN3O2/c14-12-10-16(15-13(12)17(18)19)9-5-4-8-11-6-2-1-3-7-11/h1-3,6-7,10H,4-5,8-9H2. The largest absolute Gasteiger partial charge is 0.408 e. The molecule has 0 spiro atoms. The van der Waals surface area contributed by atoms with Crippen molar-refractivity contribution in [2.24, 2.45) is 0 Å². The van der Waals surface area contributed by atoms with E-state index in [1.165, 1.54) is 16.4 Å². The van der Waals surface area contributed by atoms with Crippen LogP contribution in [0.1, 0.15) is 18.4 Å². The molecule has 0 amide bonds. The lowest BCUT2D eigenvalue weighted by atomic mass is 10.1. The van der Waals surface area contributed by atoms with E-state index < -0.39 is 4.92 Å². The fourth-order valence-corrected chi connectivity index (χ4v) is 2.09. The van der Waals surface area contributed by atoms with Gasteiger partial charge in [-0.05, 0) is 29.7 Å². The summed E-state index contributed by atoms with van der Waals surface area (Å²) in [6.45, 7) is 0.639. The Bertz CT molecular complexity index is 554. The molecule has 0 bridgehead atoms. The number of aromatic nitrogens is 2. The van der Waals surface area contributed by atoms with E-state index in [1.807, 2.05) is 18.2 Å². The van der Waals surface area contributed by atoms with Gasteiger partial charge in [-0.1, -0.05) is 41.9 Å². The molecule has 0 N–H and O–H groups in total. The second-order valence-corrected chi connectivity index (χ2v) is 4.67. The highest BCUT2D eigenvalue weighted by molar-refractivity contribution is 6.32. The van der Waals surface area contributed by atoms with Crippen molar-refractivity contribution in [1.82, 2.24) is 9.78 Å². The highest BCUT2D eigenvalue weighted by atomic mass is 35.5. The third-order valence-electron chi connectivity index (χ3n) is 2.82. The first kappa shape index (κ1) is 13.5. The van der Waals surface area contributed by atoms with Gasteiger partial charge in [0.2, 0.25) is 0 Å². The van der Waals surface area contributed by atoms with Crippen LogP contribution in [0.5, 0.6) is 0 Å². The number of benzene rings is 1. The first-order valence-corrected chi connectivity index (χ1v) is 6.46. The van der Waals surface area contributed by atoms with Gasteiger partial charge in [0, 0.05) is 0 Å². The van der Waals surface area contributed by atoms with Crippen LogP contribution in [-0.2, 0) is 13.0 Å². The Hall–Kier alpha value is -1.88. The molecule has 0 saturated carbocycles. The first-order valence-electron chi connectivity index (χ1n) is 6.08. The van der Waals surface area contributed by atoms with Gasteiger partial charge in [-0.2, -0.15) is 4.68 Å². The highest BCUT2D eigenvalue weighted by Crippen LogP contribution is 2.21. The van der Waals surface area contributed by atoms with E-state index >= 15 is 0 Å². The zero-order valence-electron chi connectivity index (χ0n) is 10.3. The molecule has 0 atom stereocenters. The molecule has 0 saturated heterocycles. The molecular formula is C13H14ClN3O2. The Labute approximate surface area is 116 Å². The van der Waals surface area contributed by atoms with Gasteiger partial charge in [0.25, 0.3) is 0 Å². The zero-order valence-corrected chi connectivity index (χ0v) is 11.1. The van der Waals surface area contributed by atoms with Crippen molar-refractivity contribution in [3.63, 3.8) is 0 Å². The summed E-state index contributed by atoms with van der Waals surface area (Å²) >= 11 is 5.72. The molecule has 19 heavy (non-hydrogen) atoms. The van der Waals surface area contributed by atoms with Crippen LogP contribution in [0.25, 0.3) is 0 Å². The van der Waals surface area contributed by atoms with Gasteiger partial charge in [0.05, 0.1) is 17.8 Å². The van der Waals surface area contributed by atoms with Crippen molar-refractivity contribution in [3.05, 3.63) is 57.2 Å². The van der Waals surface area contributed by atoms with Crippen LogP contribution in [0.4, 0.5) is 5.82 Å². The molecular weight excluding hydrogens is 266 g/mol. The van der Waals surface area contributed by atoms with Gasteiger partial charge >= 0.3 is 5.82 Å². The molecule has 0 fully saturated rings. The average Bonchev–Trinajstić information content (AvgIpc) is 2.77. The summed E-state index contributed by atoms with van der Waals surface area (Å²) in [5.74, 6) is -0.273. The molecule has 2 aromatic rings. The van der Waals surface area contributed by atoms with Crippen LogP contribution in [-0.4, -0.2) is 14.7 Å².